The Balaban J connectivity index is 2.42. The van der Waals surface area contributed by atoms with E-state index in [9.17, 15) is 26.3 Å². The van der Waals surface area contributed by atoms with E-state index in [0.29, 0.717) is 6.20 Å². The van der Waals surface area contributed by atoms with Crippen molar-refractivity contribution in [2.24, 2.45) is 0 Å². The summed E-state index contributed by atoms with van der Waals surface area (Å²) in [7, 11) is 0. The maximum atomic E-state index is 12.9. The van der Waals surface area contributed by atoms with Gasteiger partial charge < -0.3 is 10.5 Å². The number of benzene rings is 1. The van der Waals surface area contributed by atoms with Crippen LogP contribution in [-0.4, -0.2) is 11.3 Å². The summed E-state index contributed by atoms with van der Waals surface area (Å²) in [5.41, 5.74) is 4.09. The SMILES string of the molecule is Nc1cc(-c2ccc(OC(F)(F)F)cc2)c(C(F)(F)F)cn1. The first-order chi connectivity index (χ1) is 10.1. The summed E-state index contributed by atoms with van der Waals surface area (Å²) in [6.45, 7) is 0. The summed E-state index contributed by atoms with van der Waals surface area (Å²) < 4.78 is 78.5. The number of ether oxygens (including phenoxy) is 1. The van der Waals surface area contributed by atoms with Crippen LogP contribution in [0.3, 0.4) is 0 Å². The molecule has 118 valence electrons. The molecule has 2 aromatic rings. The predicted octanol–water partition coefficient (Wildman–Crippen LogP) is 4.25. The molecule has 0 saturated heterocycles. The average Bonchev–Trinajstić information content (AvgIpc) is 2.36. The Morgan fingerprint density at radius 1 is 0.955 bits per heavy atom. The molecule has 0 fully saturated rings. The number of rotatable bonds is 2. The molecule has 0 saturated carbocycles. The summed E-state index contributed by atoms with van der Waals surface area (Å²) in [5.74, 6) is -0.676. The Morgan fingerprint density at radius 2 is 1.55 bits per heavy atom. The highest BCUT2D eigenvalue weighted by Gasteiger charge is 2.34. The van der Waals surface area contributed by atoms with Crippen LogP contribution in [0.5, 0.6) is 5.75 Å². The minimum absolute atomic E-state index is 0.0379. The molecule has 0 bridgehead atoms. The largest absolute Gasteiger partial charge is 0.573 e. The molecule has 0 radical (unpaired) electrons. The van der Waals surface area contributed by atoms with Crippen LogP contribution >= 0.6 is 0 Å². The average molecular weight is 322 g/mol. The number of alkyl halides is 6. The molecule has 2 N–H and O–H groups in total. The van der Waals surface area contributed by atoms with Crippen LogP contribution in [0.1, 0.15) is 5.56 Å². The van der Waals surface area contributed by atoms with E-state index < -0.39 is 23.9 Å². The molecule has 9 heteroatoms. The van der Waals surface area contributed by atoms with Gasteiger partial charge in [0.15, 0.2) is 0 Å². The Labute approximate surface area is 120 Å². The van der Waals surface area contributed by atoms with E-state index in [1.807, 2.05) is 0 Å². The van der Waals surface area contributed by atoms with Crippen molar-refractivity contribution in [3.63, 3.8) is 0 Å². The highest BCUT2D eigenvalue weighted by Crippen LogP contribution is 2.38. The Morgan fingerprint density at radius 3 is 2.05 bits per heavy atom. The van der Waals surface area contributed by atoms with Crippen LogP contribution < -0.4 is 10.5 Å². The van der Waals surface area contributed by atoms with Crippen molar-refractivity contribution >= 4 is 5.82 Å². The Hall–Kier alpha value is -2.45. The third-order valence-corrected chi connectivity index (χ3v) is 2.63. The molecular weight excluding hydrogens is 314 g/mol. The maximum absolute atomic E-state index is 12.9. The Kier molecular flexibility index (Phi) is 3.90. The third kappa shape index (κ3) is 3.80. The molecule has 0 aliphatic carbocycles. The van der Waals surface area contributed by atoms with Gasteiger partial charge in [-0.2, -0.15) is 13.2 Å². The second-order valence-corrected chi connectivity index (χ2v) is 4.22. The van der Waals surface area contributed by atoms with Crippen molar-refractivity contribution < 1.29 is 31.1 Å². The number of nitrogens with zero attached hydrogens (tertiary/aromatic N) is 1. The number of nitrogens with two attached hydrogens (primary N) is 1. The van der Waals surface area contributed by atoms with Crippen LogP contribution in [0.2, 0.25) is 0 Å². The molecule has 1 aromatic heterocycles. The smallest absolute Gasteiger partial charge is 0.406 e. The summed E-state index contributed by atoms with van der Waals surface area (Å²) in [6, 6.07) is 4.98. The zero-order chi connectivity index (χ0) is 16.5. The number of pyridine rings is 1. The number of nitrogen functional groups attached to an aromatic ring is 1. The second-order valence-electron chi connectivity index (χ2n) is 4.22. The van der Waals surface area contributed by atoms with Gasteiger partial charge >= 0.3 is 12.5 Å². The molecule has 0 unspecified atom stereocenters. The molecule has 1 aromatic carbocycles. The fourth-order valence-corrected chi connectivity index (χ4v) is 1.77. The van der Waals surface area contributed by atoms with Gasteiger partial charge in [0.1, 0.15) is 11.6 Å². The van der Waals surface area contributed by atoms with Gasteiger partial charge in [0.2, 0.25) is 0 Å². The van der Waals surface area contributed by atoms with Crippen LogP contribution in [0, 0.1) is 0 Å². The zero-order valence-electron chi connectivity index (χ0n) is 10.7. The molecule has 0 amide bonds. The van der Waals surface area contributed by atoms with Crippen LogP contribution in [0.4, 0.5) is 32.2 Å². The van der Waals surface area contributed by atoms with E-state index in [2.05, 4.69) is 9.72 Å². The fourth-order valence-electron chi connectivity index (χ4n) is 1.77. The molecule has 0 aliphatic heterocycles. The summed E-state index contributed by atoms with van der Waals surface area (Å²) in [4.78, 5) is 3.38. The Bertz CT molecular complexity index is 664. The lowest BCUT2D eigenvalue weighted by atomic mass is 10.0. The van der Waals surface area contributed by atoms with Crippen molar-refractivity contribution in [1.82, 2.24) is 4.98 Å². The molecule has 0 atom stereocenters. The lowest BCUT2D eigenvalue weighted by Gasteiger charge is -2.14. The first-order valence-electron chi connectivity index (χ1n) is 5.75. The van der Waals surface area contributed by atoms with E-state index in [0.717, 1.165) is 30.3 Å². The van der Waals surface area contributed by atoms with Gasteiger partial charge in [0, 0.05) is 6.20 Å². The topological polar surface area (TPSA) is 48.1 Å². The normalized spacial score (nSPS) is 12.3. The van der Waals surface area contributed by atoms with Gasteiger partial charge in [0.25, 0.3) is 0 Å². The number of hydrogen-bond donors (Lipinski definition) is 1. The van der Waals surface area contributed by atoms with Gasteiger partial charge in [-0.15, -0.1) is 13.2 Å². The van der Waals surface area contributed by atoms with E-state index >= 15 is 0 Å². The molecule has 1 heterocycles. The molecule has 0 spiro atoms. The molecule has 22 heavy (non-hydrogen) atoms. The van der Waals surface area contributed by atoms with Crippen LogP contribution in [-0.2, 0) is 6.18 Å². The molecule has 2 rings (SSSR count). The monoisotopic (exact) mass is 322 g/mol. The minimum atomic E-state index is -4.88. The van der Waals surface area contributed by atoms with Gasteiger partial charge in [-0.25, -0.2) is 4.98 Å². The van der Waals surface area contributed by atoms with Crippen LogP contribution in [0.15, 0.2) is 36.5 Å². The summed E-state index contributed by atoms with van der Waals surface area (Å²) >= 11 is 0. The highest BCUT2D eigenvalue weighted by atomic mass is 19.4. The quantitative estimate of drug-likeness (QED) is 0.841. The third-order valence-electron chi connectivity index (χ3n) is 2.63. The molecular formula is C13H8F6N2O. The standard InChI is InChI=1S/C13H8F6N2O/c14-12(15,16)10-6-21-11(20)5-9(10)7-1-3-8(4-2-7)22-13(17,18)19/h1-6H,(H2,20,21). The van der Waals surface area contributed by atoms with Crippen molar-refractivity contribution in [1.29, 1.82) is 0 Å². The van der Waals surface area contributed by atoms with E-state index in [1.165, 1.54) is 0 Å². The number of hydrogen-bond acceptors (Lipinski definition) is 3. The van der Waals surface area contributed by atoms with Crippen molar-refractivity contribution in [2.45, 2.75) is 12.5 Å². The molecule has 0 aliphatic rings. The predicted molar refractivity (Wildman–Crippen MR) is 65.8 cm³/mol. The summed E-state index contributed by atoms with van der Waals surface area (Å²) in [5, 5.41) is 0. The lowest BCUT2D eigenvalue weighted by molar-refractivity contribution is -0.274. The first kappa shape index (κ1) is 15.9. The maximum Gasteiger partial charge on any atom is 0.573 e. The van der Waals surface area contributed by atoms with Crippen molar-refractivity contribution in [2.75, 3.05) is 5.73 Å². The van der Waals surface area contributed by atoms with Crippen LogP contribution in [0.25, 0.3) is 11.1 Å². The van der Waals surface area contributed by atoms with Gasteiger partial charge in [0.05, 0.1) is 5.56 Å². The van der Waals surface area contributed by atoms with E-state index in [-0.39, 0.29) is 16.9 Å². The van der Waals surface area contributed by atoms with E-state index in [1.54, 1.807) is 0 Å². The van der Waals surface area contributed by atoms with Gasteiger partial charge in [-0.05, 0) is 29.3 Å². The van der Waals surface area contributed by atoms with E-state index in [4.69, 9.17) is 5.73 Å². The lowest BCUT2D eigenvalue weighted by Crippen LogP contribution is -2.17. The van der Waals surface area contributed by atoms with Crippen molar-refractivity contribution in [3.05, 3.63) is 42.1 Å². The first-order valence-corrected chi connectivity index (χ1v) is 5.75. The number of anilines is 1. The van der Waals surface area contributed by atoms with Crippen molar-refractivity contribution in [3.8, 4) is 16.9 Å². The fraction of sp³-hybridized carbons (Fsp3) is 0.154. The van der Waals surface area contributed by atoms with Gasteiger partial charge in [-0.1, -0.05) is 12.1 Å². The highest BCUT2D eigenvalue weighted by molar-refractivity contribution is 5.70. The molecule has 3 nitrogen and oxygen atoms in total. The second kappa shape index (κ2) is 5.39. The zero-order valence-corrected chi connectivity index (χ0v) is 10.7. The summed E-state index contributed by atoms with van der Waals surface area (Å²) in [6.07, 6.45) is -8.97. The van der Waals surface area contributed by atoms with Gasteiger partial charge in [-0.3, -0.25) is 0 Å². The number of halogens is 6. The minimum Gasteiger partial charge on any atom is -0.406 e. The number of aromatic nitrogens is 1.